The summed E-state index contributed by atoms with van der Waals surface area (Å²) >= 11 is 0. The number of allylic oxidation sites excluding steroid dienone is 2. The maximum atomic E-state index is 5.36. The van der Waals surface area contributed by atoms with Crippen molar-refractivity contribution in [3.8, 4) is 0 Å². The van der Waals surface area contributed by atoms with Crippen molar-refractivity contribution in [2.45, 2.75) is 13.3 Å². The highest BCUT2D eigenvalue weighted by atomic mass is 31.1. The summed E-state index contributed by atoms with van der Waals surface area (Å²) in [6.07, 6.45) is 6.16. The van der Waals surface area contributed by atoms with E-state index in [9.17, 15) is 0 Å². The molecule has 1 fully saturated rings. The van der Waals surface area contributed by atoms with E-state index in [2.05, 4.69) is 19.5 Å². The Morgan fingerprint density at radius 1 is 1.73 bits per heavy atom. The van der Waals surface area contributed by atoms with Gasteiger partial charge in [0.05, 0.1) is 0 Å². The van der Waals surface area contributed by atoms with Crippen molar-refractivity contribution in [2.24, 2.45) is 0 Å². The molecule has 0 aromatic carbocycles. The number of hydrogen-bond acceptors (Lipinski definition) is 2. The summed E-state index contributed by atoms with van der Waals surface area (Å²) < 4.78 is 0. The molecule has 1 rings (SSSR count). The third-order valence-corrected chi connectivity index (χ3v) is 3.33. The van der Waals surface area contributed by atoms with Gasteiger partial charge in [0, 0.05) is 5.70 Å². The van der Waals surface area contributed by atoms with Crippen molar-refractivity contribution in [3.63, 3.8) is 0 Å². The zero-order valence-electron chi connectivity index (χ0n) is 6.89. The Bertz CT molecular complexity index is 206. The fourth-order valence-electron chi connectivity index (χ4n) is 1.00. The zero-order valence-corrected chi connectivity index (χ0v) is 7.89. The Hall–Kier alpha value is -0.620. The van der Waals surface area contributed by atoms with Gasteiger partial charge in [0.25, 0.3) is 0 Å². The molecular weight excluding hydrogens is 157 g/mol. The van der Waals surface area contributed by atoms with E-state index in [1.54, 1.807) is 0 Å². The quantitative estimate of drug-likeness (QED) is 0.466. The molecule has 11 heavy (non-hydrogen) atoms. The van der Waals surface area contributed by atoms with Crippen LogP contribution in [0.25, 0.3) is 0 Å². The molecule has 0 saturated carbocycles. The van der Waals surface area contributed by atoms with Crippen molar-refractivity contribution in [1.29, 1.82) is 0 Å². The molecule has 0 bridgehead atoms. The molecule has 0 amide bonds. The zero-order chi connectivity index (χ0) is 8.43. The van der Waals surface area contributed by atoms with Crippen molar-refractivity contribution >= 4 is 14.0 Å². The van der Waals surface area contributed by atoms with Crippen LogP contribution in [-0.2, 0) is 4.84 Å². The van der Waals surface area contributed by atoms with Gasteiger partial charge in [-0.3, -0.25) is 0 Å². The van der Waals surface area contributed by atoms with E-state index in [1.165, 1.54) is 0 Å². The Labute approximate surface area is 68.6 Å². The Balaban J connectivity index is 2.62. The van der Waals surface area contributed by atoms with E-state index >= 15 is 0 Å². The first-order valence-electron chi connectivity index (χ1n) is 3.60. The third-order valence-electron chi connectivity index (χ3n) is 1.52. The van der Waals surface area contributed by atoms with Crippen LogP contribution in [0, 0.1) is 0 Å². The fourth-order valence-corrected chi connectivity index (χ4v) is 2.62. The predicted molar refractivity (Wildman–Crippen MR) is 51.8 cm³/mol. The van der Waals surface area contributed by atoms with Crippen molar-refractivity contribution < 1.29 is 4.84 Å². The van der Waals surface area contributed by atoms with Crippen molar-refractivity contribution in [2.75, 3.05) is 6.16 Å². The average Bonchev–Trinajstić information content (AvgIpc) is 2.18. The molecule has 1 unspecified atom stereocenters. The van der Waals surface area contributed by atoms with Crippen LogP contribution in [0.2, 0.25) is 0 Å². The lowest BCUT2D eigenvalue weighted by Crippen LogP contribution is -2.08. The van der Waals surface area contributed by atoms with E-state index in [4.69, 9.17) is 4.84 Å². The Morgan fingerprint density at radius 2 is 2.36 bits per heavy atom. The molecule has 1 aliphatic rings. The van der Waals surface area contributed by atoms with Gasteiger partial charge in [-0.25, -0.2) is 4.83 Å². The lowest BCUT2D eigenvalue weighted by atomic mass is 10.4. The molecule has 0 N–H and O–H groups in total. The predicted octanol–water partition coefficient (Wildman–Crippen LogP) is 2.23. The van der Waals surface area contributed by atoms with Crippen LogP contribution in [0.5, 0.6) is 0 Å². The maximum Gasteiger partial charge on any atom is 0.122 e. The minimum atomic E-state index is -0.739. The lowest BCUT2D eigenvalue weighted by Gasteiger charge is -2.21. The van der Waals surface area contributed by atoms with E-state index in [1.807, 2.05) is 11.8 Å². The highest BCUT2D eigenvalue weighted by molar-refractivity contribution is 7.53. The largest absolute Gasteiger partial charge is 0.382 e. The summed E-state index contributed by atoms with van der Waals surface area (Å²) in [5, 5.41) is 0. The van der Waals surface area contributed by atoms with Crippen LogP contribution >= 0.6 is 7.70 Å². The second-order valence-electron chi connectivity index (χ2n) is 2.72. The monoisotopic (exact) mass is 171 g/mol. The summed E-state index contributed by atoms with van der Waals surface area (Å²) in [6.45, 7) is 9.39. The number of nitrogens with zero attached hydrogens (tertiary/aromatic N) is 1. The van der Waals surface area contributed by atoms with Crippen LogP contribution < -0.4 is 0 Å². The Morgan fingerprint density at radius 3 is 2.73 bits per heavy atom. The highest BCUT2D eigenvalue weighted by Gasteiger charge is 2.18. The summed E-state index contributed by atoms with van der Waals surface area (Å²) in [6, 6.07) is 0. The molecular formula is C8H14NOP. The molecule has 1 atom stereocenters. The van der Waals surface area contributed by atoms with Gasteiger partial charge in [-0.2, -0.15) is 0 Å². The topological polar surface area (TPSA) is 12.5 Å². The number of hydrogen-bond donors (Lipinski definition) is 0. The first-order valence-corrected chi connectivity index (χ1v) is 5.46. The van der Waals surface area contributed by atoms with Crippen LogP contribution in [0.3, 0.4) is 0 Å². The second kappa shape index (κ2) is 3.19. The summed E-state index contributed by atoms with van der Waals surface area (Å²) in [7, 11) is -0.739. The van der Waals surface area contributed by atoms with Gasteiger partial charge in [0.1, 0.15) is 5.76 Å². The van der Waals surface area contributed by atoms with E-state index in [0.717, 1.165) is 18.3 Å². The molecule has 1 aliphatic heterocycles. The Kier molecular flexibility index (Phi) is 2.45. The van der Waals surface area contributed by atoms with Crippen LogP contribution in [0.1, 0.15) is 13.3 Å². The first-order chi connectivity index (χ1) is 5.11. The fraction of sp³-hybridized carbons (Fsp3) is 0.375. The standard InChI is InChI=1S/C8H14NOP/c1-7(2)10-9-8(3)5-6-11(9)4/h11H,1,3-6H2,2H3. The molecule has 2 nitrogen and oxygen atoms in total. The smallest absolute Gasteiger partial charge is 0.122 e. The molecule has 62 valence electrons. The molecule has 0 spiro atoms. The third kappa shape index (κ3) is 1.90. The van der Waals surface area contributed by atoms with Crippen molar-refractivity contribution in [1.82, 2.24) is 4.83 Å². The minimum Gasteiger partial charge on any atom is -0.382 e. The van der Waals surface area contributed by atoms with E-state index in [0.29, 0.717) is 5.76 Å². The molecule has 0 aliphatic carbocycles. The van der Waals surface area contributed by atoms with Gasteiger partial charge >= 0.3 is 0 Å². The molecule has 1 heterocycles. The van der Waals surface area contributed by atoms with Gasteiger partial charge in [-0.05, 0) is 27.2 Å². The minimum absolute atomic E-state index is 0.708. The molecule has 1 saturated heterocycles. The van der Waals surface area contributed by atoms with Gasteiger partial charge in [0.15, 0.2) is 0 Å². The number of hydroxylamine groups is 1. The summed E-state index contributed by atoms with van der Waals surface area (Å²) in [5.41, 5.74) is 1.04. The highest BCUT2D eigenvalue weighted by Crippen LogP contribution is 2.41. The molecule has 0 aromatic heterocycles. The van der Waals surface area contributed by atoms with Gasteiger partial charge in [-0.15, -0.1) is 0 Å². The maximum absolute atomic E-state index is 5.36. The number of rotatable bonds is 2. The van der Waals surface area contributed by atoms with Gasteiger partial charge in [-0.1, -0.05) is 19.5 Å². The average molecular weight is 171 g/mol. The lowest BCUT2D eigenvalue weighted by molar-refractivity contribution is 0.00681. The van der Waals surface area contributed by atoms with E-state index in [-0.39, 0.29) is 0 Å². The SMILES string of the molecule is C=C(C)ON1C(=C)CC[PH]1=C. The second-order valence-corrected chi connectivity index (χ2v) is 4.76. The van der Waals surface area contributed by atoms with Gasteiger partial charge in [0.2, 0.25) is 0 Å². The van der Waals surface area contributed by atoms with Crippen LogP contribution in [-0.4, -0.2) is 17.3 Å². The molecule has 0 radical (unpaired) electrons. The first kappa shape index (κ1) is 8.48. The summed E-state index contributed by atoms with van der Waals surface area (Å²) in [4.78, 5) is 7.20. The van der Waals surface area contributed by atoms with Crippen LogP contribution in [0.15, 0.2) is 24.6 Å². The molecule has 3 heteroatoms. The normalized spacial score (nSPS) is 23.9. The summed E-state index contributed by atoms with van der Waals surface area (Å²) in [5.74, 6) is 0.708. The van der Waals surface area contributed by atoms with Gasteiger partial charge < -0.3 is 4.84 Å². The van der Waals surface area contributed by atoms with E-state index < -0.39 is 7.70 Å². The molecule has 0 aromatic rings. The van der Waals surface area contributed by atoms with Crippen molar-refractivity contribution in [3.05, 3.63) is 24.6 Å². The van der Waals surface area contributed by atoms with Crippen LogP contribution in [0.4, 0.5) is 0 Å².